The maximum atomic E-state index is 13.5. The minimum Gasteiger partial charge on any atom is -0.497 e. The number of aromatic nitrogens is 2. The van der Waals surface area contributed by atoms with Gasteiger partial charge in [-0.1, -0.05) is 24.3 Å². The highest BCUT2D eigenvalue weighted by atomic mass is 19.1. The maximum absolute atomic E-state index is 13.5. The molecule has 0 saturated carbocycles. The summed E-state index contributed by atoms with van der Waals surface area (Å²) in [5.41, 5.74) is 3.04. The molecule has 154 valence electrons. The molecular weight excluding hydrogens is 395 g/mol. The van der Waals surface area contributed by atoms with E-state index < -0.39 is 0 Å². The third-order valence-electron chi connectivity index (χ3n) is 4.51. The van der Waals surface area contributed by atoms with Crippen LogP contribution in [0.15, 0.2) is 85.2 Å². The van der Waals surface area contributed by atoms with Crippen LogP contribution >= 0.6 is 0 Å². The number of carbonyl (C=O) groups excluding carboxylic acids is 1. The molecule has 1 aromatic heterocycles. The molecule has 0 bridgehead atoms. The van der Waals surface area contributed by atoms with Gasteiger partial charge in [0, 0.05) is 34.6 Å². The lowest BCUT2D eigenvalue weighted by Crippen LogP contribution is -2.12. The molecule has 0 spiro atoms. The normalized spacial score (nSPS) is 10.4. The third kappa shape index (κ3) is 5.02. The first-order chi connectivity index (χ1) is 15.1. The summed E-state index contributed by atoms with van der Waals surface area (Å²) in [5, 5.41) is 6.01. The molecule has 0 radical (unpaired) electrons. The smallest absolute Gasteiger partial charge is 0.255 e. The number of hydrogen-bond acceptors (Lipinski definition) is 5. The number of nitrogens with zero attached hydrogens (tertiary/aromatic N) is 2. The molecule has 0 unspecified atom stereocenters. The second-order valence-electron chi connectivity index (χ2n) is 6.69. The number of ether oxygens (including phenoxy) is 1. The Kier molecular flexibility index (Phi) is 5.84. The molecule has 0 fully saturated rings. The summed E-state index contributed by atoms with van der Waals surface area (Å²) in [4.78, 5) is 21.1. The fourth-order valence-corrected chi connectivity index (χ4v) is 3.02. The first-order valence-corrected chi connectivity index (χ1v) is 9.51. The number of carbonyl (C=O) groups is 1. The van der Waals surface area contributed by atoms with Crippen LogP contribution in [0.5, 0.6) is 5.75 Å². The monoisotopic (exact) mass is 414 g/mol. The van der Waals surface area contributed by atoms with E-state index in [2.05, 4.69) is 20.6 Å². The summed E-state index contributed by atoms with van der Waals surface area (Å²) in [6.07, 6.45) is 1.40. The van der Waals surface area contributed by atoms with Gasteiger partial charge in [0.2, 0.25) is 0 Å². The van der Waals surface area contributed by atoms with E-state index in [9.17, 15) is 9.18 Å². The highest BCUT2D eigenvalue weighted by Gasteiger charge is 2.09. The first kappa shape index (κ1) is 20.0. The van der Waals surface area contributed by atoms with Crippen molar-refractivity contribution in [2.75, 3.05) is 17.7 Å². The van der Waals surface area contributed by atoms with Crippen LogP contribution in [0.3, 0.4) is 0 Å². The van der Waals surface area contributed by atoms with E-state index in [1.54, 1.807) is 67.8 Å². The van der Waals surface area contributed by atoms with E-state index in [1.807, 2.05) is 6.07 Å². The van der Waals surface area contributed by atoms with Crippen LogP contribution in [0, 0.1) is 5.82 Å². The molecule has 7 heteroatoms. The van der Waals surface area contributed by atoms with Crippen molar-refractivity contribution in [3.05, 3.63) is 96.6 Å². The van der Waals surface area contributed by atoms with Crippen LogP contribution in [0.25, 0.3) is 11.3 Å². The second kappa shape index (κ2) is 9.04. The molecule has 0 aliphatic heterocycles. The Morgan fingerprint density at radius 1 is 0.903 bits per heavy atom. The van der Waals surface area contributed by atoms with Crippen molar-refractivity contribution in [3.8, 4) is 17.0 Å². The zero-order valence-electron chi connectivity index (χ0n) is 16.7. The van der Waals surface area contributed by atoms with E-state index in [0.717, 1.165) is 0 Å². The molecule has 4 aromatic rings. The molecule has 31 heavy (non-hydrogen) atoms. The molecule has 1 amide bonds. The lowest BCUT2D eigenvalue weighted by molar-refractivity contribution is 0.102. The summed E-state index contributed by atoms with van der Waals surface area (Å²) in [7, 11) is 1.57. The van der Waals surface area contributed by atoms with E-state index in [0.29, 0.717) is 39.8 Å². The van der Waals surface area contributed by atoms with Crippen molar-refractivity contribution in [1.82, 2.24) is 9.97 Å². The quantitative estimate of drug-likeness (QED) is 0.449. The number of anilines is 3. The highest BCUT2D eigenvalue weighted by molar-refractivity contribution is 6.05. The number of hydrogen-bond donors (Lipinski definition) is 2. The number of benzene rings is 3. The molecule has 2 N–H and O–H groups in total. The summed E-state index contributed by atoms with van der Waals surface area (Å²) in [5.74, 6) is 0.603. The zero-order chi connectivity index (χ0) is 21.6. The first-order valence-electron chi connectivity index (χ1n) is 9.51. The van der Waals surface area contributed by atoms with Crippen molar-refractivity contribution >= 4 is 23.1 Å². The Morgan fingerprint density at radius 3 is 2.55 bits per heavy atom. The number of methoxy groups -OCH3 is 1. The van der Waals surface area contributed by atoms with Gasteiger partial charge in [-0.15, -0.1) is 0 Å². The van der Waals surface area contributed by atoms with E-state index >= 15 is 0 Å². The zero-order valence-corrected chi connectivity index (χ0v) is 16.7. The Balaban J connectivity index is 1.51. The van der Waals surface area contributed by atoms with Crippen molar-refractivity contribution in [1.29, 1.82) is 0 Å². The van der Waals surface area contributed by atoms with Crippen molar-refractivity contribution < 1.29 is 13.9 Å². The average Bonchev–Trinajstić information content (AvgIpc) is 2.79. The van der Waals surface area contributed by atoms with Gasteiger partial charge in [-0.3, -0.25) is 4.79 Å². The number of nitrogens with one attached hydrogen (secondary N) is 2. The van der Waals surface area contributed by atoms with E-state index in [1.165, 1.54) is 18.5 Å². The van der Waals surface area contributed by atoms with Crippen molar-refractivity contribution in [3.63, 3.8) is 0 Å². The molecule has 0 aliphatic rings. The molecule has 0 saturated heterocycles. The fraction of sp³-hybridized carbons (Fsp3) is 0.0417. The topological polar surface area (TPSA) is 76.1 Å². The second-order valence-corrected chi connectivity index (χ2v) is 6.69. The Morgan fingerprint density at radius 2 is 1.71 bits per heavy atom. The standard InChI is InChI=1S/C24H19FN4O2/c1-31-21-10-4-9-20(13-21)29-24(30)17-6-3-8-19(12-17)28-23-14-22(26-15-27-23)16-5-2-7-18(25)11-16/h2-15H,1H3,(H,29,30)(H,26,27,28). The molecule has 1 heterocycles. The van der Waals surface area contributed by atoms with Crippen LogP contribution in [0.2, 0.25) is 0 Å². The Hall–Kier alpha value is -4.26. The van der Waals surface area contributed by atoms with Crippen LogP contribution in [0.1, 0.15) is 10.4 Å². The Labute approximate surface area is 178 Å². The predicted molar refractivity (Wildman–Crippen MR) is 118 cm³/mol. The third-order valence-corrected chi connectivity index (χ3v) is 4.51. The molecule has 4 rings (SSSR count). The summed E-state index contributed by atoms with van der Waals surface area (Å²) in [6, 6.07) is 22.1. The highest BCUT2D eigenvalue weighted by Crippen LogP contribution is 2.23. The minimum absolute atomic E-state index is 0.250. The van der Waals surface area contributed by atoms with Gasteiger partial charge in [-0.2, -0.15) is 0 Å². The molecule has 0 aliphatic carbocycles. The lowest BCUT2D eigenvalue weighted by atomic mass is 10.1. The van der Waals surface area contributed by atoms with E-state index in [-0.39, 0.29) is 11.7 Å². The van der Waals surface area contributed by atoms with Gasteiger partial charge in [0.05, 0.1) is 12.8 Å². The largest absolute Gasteiger partial charge is 0.497 e. The number of rotatable bonds is 6. The van der Waals surface area contributed by atoms with Crippen LogP contribution in [0.4, 0.5) is 21.6 Å². The summed E-state index contributed by atoms with van der Waals surface area (Å²) in [6.45, 7) is 0. The molecular formula is C24H19FN4O2. The van der Waals surface area contributed by atoms with Crippen molar-refractivity contribution in [2.24, 2.45) is 0 Å². The number of amides is 1. The van der Waals surface area contributed by atoms with Crippen LogP contribution in [-0.2, 0) is 0 Å². The lowest BCUT2D eigenvalue weighted by Gasteiger charge is -2.10. The molecule has 0 atom stereocenters. The van der Waals surface area contributed by atoms with Gasteiger partial charge in [0.1, 0.15) is 23.7 Å². The Bertz CT molecular complexity index is 1230. The molecule has 6 nitrogen and oxygen atoms in total. The summed E-state index contributed by atoms with van der Waals surface area (Å²) >= 11 is 0. The van der Waals surface area contributed by atoms with E-state index in [4.69, 9.17) is 4.74 Å². The van der Waals surface area contributed by atoms with Gasteiger partial charge in [0.25, 0.3) is 5.91 Å². The van der Waals surface area contributed by atoms with Gasteiger partial charge in [-0.25, -0.2) is 14.4 Å². The van der Waals surface area contributed by atoms with Crippen LogP contribution < -0.4 is 15.4 Å². The minimum atomic E-state index is -0.333. The van der Waals surface area contributed by atoms with Crippen LogP contribution in [-0.4, -0.2) is 23.0 Å². The van der Waals surface area contributed by atoms with Gasteiger partial charge >= 0.3 is 0 Å². The van der Waals surface area contributed by atoms with Crippen molar-refractivity contribution in [2.45, 2.75) is 0 Å². The number of halogens is 1. The van der Waals surface area contributed by atoms with Gasteiger partial charge in [-0.05, 0) is 42.5 Å². The SMILES string of the molecule is COc1cccc(NC(=O)c2cccc(Nc3cc(-c4cccc(F)c4)ncn3)c2)c1. The maximum Gasteiger partial charge on any atom is 0.255 e. The average molecular weight is 414 g/mol. The fourth-order valence-electron chi connectivity index (χ4n) is 3.02. The molecule has 3 aromatic carbocycles. The summed E-state index contributed by atoms with van der Waals surface area (Å²) < 4.78 is 18.7. The van der Waals surface area contributed by atoms with Gasteiger partial charge in [0.15, 0.2) is 0 Å². The predicted octanol–water partition coefficient (Wildman–Crippen LogP) is 5.29. The van der Waals surface area contributed by atoms with Gasteiger partial charge < -0.3 is 15.4 Å².